The lowest BCUT2D eigenvalue weighted by Crippen LogP contribution is -2.34. The van der Waals surface area contributed by atoms with Gasteiger partial charge in [-0.15, -0.1) is 5.10 Å². The number of benzene rings is 1. The van der Waals surface area contributed by atoms with Gasteiger partial charge in [-0.05, 0) is 37.5 Å². The fourth-order valence-electron chi connectivity index (χ4n) is 3.53. The Bertz CT molecular complexity index is 834. The quantitative estimate of drug-likeness (QED) is 0.764. The fourth-order valence-corrected chi connectivity index (χ4v) is 3.53. The predicted octanol–water partition coefficient (Wildman–Crippen LogP) is 3.10. The van der Waals surface area contributed by atoms with Crippen LogP contribution in [0.2, 0.25) is 0 Å². The number of aromatic nitrogens is 3. The molecular weight excluding hydrogens is 328 g/mol. The molecule has 2 aromatic heterocycles. The molecule has 1 aliphatic heterocycles. The number of rotatable bonds is 5. The highest BCUT2D eigenvalue weighted by atomic mass is 16.3. The van der Waals surface area contributed by atoms with Crippen LogP contribution in [0.3, 0.4) is 0 Å². The maximum Gasteiger partial charge on any atom is 0.124 e. The molecule has 0 bridgehead atoms. The molecule has 1 aliphatic rings. The molecule has 1 atom stereocenters. The summed E-state index contributed by atoms with van der Waals surface area (Å²) in [5.74, 6) is 1.98. The minimum atomic E-state index is -0.729. The normalized spacial score (nSPS) is 17.5. The summed E-state index contributed by atoms with van der Waals surface area (Å²) in [5.41, 5.74) is 1.44. The molecule has 0 saturated carbocycles. The van der Waals surface area contributed by atoms with Crippen molar-refractivity contribution >= 4 is 0 Å². The highest BCUT2D eigenvalue weighted by Gasteiger charge is 2.23. The summed E-state index contributed by atoms with van der Waals surface area (Å²) >= 11 is 0. The lowest BCUT2D eigenvalue weighted by molar-refractivity contribution is 0.161. The van der Waals surface area contributed by atoms with Crippen molar-refractivity contribution in [3.63, 3.8) is 0 Å². The fraction of sp³-hybridized carbons (Fsp3) is 0.400. The zero-order chi connectivity index (χ0) is 17.9. The van der Waals surface area contributed by atoms with Crippen LogP contribution in [-0.4, -0.2) is 38.1 Å². The summed E-state index contributed by atoms with van der Waals surface area (Å²) in [6.07, 6.45) is 3.19. The molecule has 136 valence electrons. The smallest absolute Gasteiger partial charge is 0.124 e. The number of likely N-dealkylation sites (tertiary alicyclic amines) is 1. The molecule has 3 aromatic rings. The molecule has 0 spiro atoms. The average molecular weight is 352 g/mol. The number of aryl methyl sites for hydroxylation is 1. The van der Waals surface area contributed by atoms with E-state index < -0.39 is 6.10 Å². The van der Waals surface area contributed by atoms with Gasteiger partial charge in [-0.25, -0.2) is 4.68 Å². The van der Waals surface area contributed by atoms with Gasteiger partial charge in [0.2, 0.25) is 0 Å². The Morgan fingerprint density at radius 1 is 1.15 bits per heavy atom. The Morgan fingerprint density at radius 3 is 2.62 bits per heavy atom. The molecule has 6 heteroatoms. The van der Waals surface area contributed by atoms with E-state index in [2.05, 4.69) is 21.3 Å². The molecule has 0 amide bonds. The number of aliphatic hydroxyl groups excluding tert-OH is 1. The van der Waals surface area contributed by atoms with Crippen LogP contribution >= 0.6 is 0 Å². The van der Waals surface area contributed by atoms with Crippen molar-refractivity contribution < 1.29 is 9.52 Å². The van der Waals surface area contributed by atoms with Gasteiger partial charge in [-0.1, -0.05) is 35.5 Å². The molecule has 1 N–H and O–H groups in total. The second-order valence-corrected chi connectivity index (χ2v) is 6.96. The van der Waals surface area contributed by atoms with E-state index >= 15 is 0 Å². The van der Waals surface area contributed by atoms with Gasteiger partial charge >= 0.3 is 0 Å². The van der Waals surface area contributed by atoms with Gasteiger partial charge in [-0.2, -0.15) is 0 Å². The largest absolute Gasteiger partial charge is 0.465 e. The lowest BCUT2D eigenvalue weighted by Gasteiger charge is -2.31. The maximum atomic E-state index is 10.5. The Kier molecular flexibility index (Phi) is 4.86. The van der Waals surface area contributed by atoms with Crippen LogP contribution in [0, 0.1) is 6.92 Å². The van der Waals surface area contributed by atoms with Gasteiger partial charge in [0, 0.05) is 13.1 Å². The molecule has 1 saturated heterocycles. The van der Waals surface area contributed by atoms with Crippen LogP contribution < -0.4 is 0 Å². The maximum absolute atomic E-state index is 10.5. The zero-order valence-corrected chi connectivity index (χ0v) is 15.0. The van der Waals surface area contributed by atoms with E-state index in [1.807, 2.05) is 54.2 Å². The number of aliphatic hydroxyl groups is 1. The first-order valence-electron chi connectivity index (χ1n) is 9.11. The number of furan rings is 1. The van der Waals surface area contributed by atoms with E-state index in [4.69, 9.17) is 4.42 Å². The van der Waals surface area contributed by atoms with Crippen molar-refractivity contribution in [3.8, 4) is 0 Å². The van der Waals surface area contributed by atoms with Crippen LogP contribution in [0.1, 0.15) is 47.8 Å². The highest BCUT2D eigenvalue weighted by Crippen LogP contribution is 2.25. The average Bonchev–Trinajstić information content (AvgIpc) is 3.32. The standard InChI is InChI=1S/C20H24N4O2/c1-15-7-8-18(26-15)13-23-11-9-17(10-12-23)24-14-19(21-22-24)20(25)16-5-3-2-4-6-16/h2-8,14,17,20,25H,9-13H2,1H3/t20-/m0/s1. The third-order valence-electron chi connectivity index (χ3n) is 5.03. The third-order valence-corrected chi connectivity index (χ3v) is 5.03. The monoisotopic (exact) mass is 352 g/mol. The number of piperidine rings is 1. The molecule has 0 radical (unpaired) electrons. The van der Waals surface area contributed by atoms with E-state index in [0.717, 1.165) is 49.6 Å². The molecule has 1 aromatic carbocycles. The Labute approximate surface area is 153 Å². The second-order valence-electron chi connectivity index (χ2n) is 6.96. The number of hydrogen-bond donors (Lipinski definition) is 1. The molecule has 4 rings (SSSR count). The van der Waals surface area contributed by atoms with Crippen LogP contribution in [-0.2, 0) is 6.54 Å². The lowest BCUT2D eigenvalue weighted by atomic mass is 10.0. The van der Waals surface area contributed by atoms with E-state index in [1.165, 1.54) is 0 Å². The van der Waals surface area contributed by atoms with Gasteiger partial charge in [-0.3, -0.25) is 4.90 Å². The Morgan fingerprint density at radius 2 is 1.92 bits per heavy atom. The van der Waals surface area contributed by atoms with Gasteiger partial charge < -0.3 is 9.52 Å². The van der Waals surface area contributed by atoms with Gasteiger partial charge in [0.05, 0.1) is 18.8 Å². The number of nitrogens with zero attached hydrogens (tertiary/aromatic N) is 4. The van der Waals surface area contributed by atoms with Gasteiger partial charge in [0.15, 0.2) is 0 Å². The second kappa shape index (κ2) is 7.43. The minimum Gasteiger partial charge on any atom is -0.465 e. The van der Waals surface area contributed by atoms with Crippen molar-refractivity contribution in [2.45, 2.75) is 38.5 Å². The Hall–Kier alpha value is -2.44. The molecule has 1 fully saturated rings. The van der Waals surface area contributed by atoms with Gasteiger partial charge in [0.1, 0.15) is 23.3 Å². The van der Waals surface area contributed by atoms with E-state index in [1.54, 1.807) is 0 Å². The summed E-state index contributed by atoms with van der Waals surface area (Å²) in [5, 5.41) is 18.9. The molecule has 0 unspecified atom stereocenters. The van der Waals surface area contributed by atoms with Crippen molar-refractivity contribution in [3.05, 3.63) is 71.4 Å². The predicted molar refractivity (Wildman–Crippen MR) is 97.5 cm³/mol. The SMILES string of the molecule is Cc1ccc(CN2CCC(n3cc([C@@H](O)c4ccccc4)nn3)CC2)o1. The highest BCUT2D eigenvalue weighted by molar-refractivity contribution is 5.23. The van der Waals surface area contributed by atoms with Crippen molar-refractivity contribution in [1.29, 1.82) is 0 Å². The third kappa shape index (κ3) is 3.71. The van der Waals surface area contributed by atoms with E-state index in [-0.39, 0.29) is 0 Å². The molecule has 6 nitrogen and oxygen atoms in total. The van der Waals surface area contributed by atoms with E-state index in [0.29, 0.717) is 11.7 Å². The van der Waals surface area contributed by atoms with Gasteiger partial charge in [0.25, 0.3) is 0 Å². The van der Waals surface area contributed by atoms with Crippen LogP contribution in [0.25, 0.3) is 0 Å². The summed E-state index contributed by atoms with van der Waals surface area (Å²) in [6, 6.07) is 14.0. The summed E-state index contributed by atoms with van der Waals surface area (Å²) in [6.45, 7) is 4.83. The van der Waals surface area contributed by atoms with Crippen molar-refractivity contribution in [2.24, 2.45) is 0 Å². The molecule has 26 heavy (non-hydrogen) atoms. The first kappa shape index (κ1) is 17.0. The molecule has 3 heterocycles. The number of hydrogen-bond acceptors (Lipinski definition) is 5. The minimum absolute atomic E-state index is 0.328. The van der Waals surface area contributed by atoms with Crippen LogP contribution in [0.15, 0.2) is 53.1 Å². The summed E-state index contributed by atoms with van der Waals surface area (Å²) in [7, 11) is 0. The Balaban J connectivity index is 1.35. The van der Waals surface area contributed by atoms with Crippen molar-refractivity contribution in [2.75, 3.05) is 13.1 Å². The molecular formula is C20H24N4O2. The van der Waals surface area contributed by atoms with E-state index in [9.17, 15) is 5.11 Å². The zero-order valence-electron chi connectivity index (χ0n) is 15.0. The topological polar surface area (TPSA) is 67.3 Å². The summed E-state index contributed by atoms with van der Waals surface area (Å²) < 4.78 is 7.59. The molecule has 0 aliphatic carbocycles. The van der Waals surface area contributed by atoms with Crippen molar-refractivity contribution in [1.82, 2.24) is 19.9 Å². The van der Waals surface area contributed by atoms with Crippen LogP contribution in [0.5, 0.6) is 0 Å². The first-order chi connectivity index (χ1) is 12.7. The first-order valence-corrected chi connectivity index (χ1v) is 9.11. The van der Waals surface area contributed by atoms with Crippen LogP contribution in [0.4, 0.5) is 0 Å². The summed E-state index contributed by atoms with van der Waals surface area (Å²) in [4.78, 5) is 2.41.